The number of hydrogen-bond acceptors (Lipinski definition) is 4. The van der Waals surface area contributed by atoms with Gasteiger partial charge in [0.05, 0.1) is 0 Å². The smallest absolute Gasteiger partial charge is 0.410 e. The Bertz CT molecular complexity index is 326. The third kappa shape index (κ3) is 11.1. The fourth-order valence-electron chi connectivity index (χ4n) is 1.77. The molecule has 0 spiro atoms. The summed E-state index contributed by atoms with van der Waals surface area (Å²) < 4.78 is 5.34. The summed E-state index contributed by atoms with van der Waals surface area (Å²) in [6.45, 7) is 11.4. The van der Waals surface area contributed by atoms with Gasteiger partial charge in [-0.05, 0) is 54.0 Å². The van der Waals surface area contributed by atoms with Crippen molar-refractivity contribution in [1.29, 1.82) is 0 Å². The zero-order chi connectivity index (χ0) is 16.5. The van der Waals surface area contributed by atoms with Crippen molar-refractivity contribution in [3.05, 3.63) is 0 Å². The number of carboxylic acids is 1. The van der Waals surface area contributed by atoms with Crippen molar-refractivity contribution in [2.45, 2.75) is 65.5 Å². The van der Waals surface area contributed by atoms with Crippen LogP contribution in [0.15, 0.2) is 0 Å². The van der Waals surface area contributed by atoms with E-state index in [-0.39, 0.29) is 18.6 Å². The number of nitrogens with zero attached hydrogens (tertiary/aromatic N) is 1. The molecule has 6 heteroatoms. The van der Waals surface area contributed by atoms with Crippen molar-refractivity contribution in [2.75, 3.05) is 19.6 Å². The lowest BCUT2D eigenvalue weighted by molar-refractivity contribution is -0.137. The number of hydrogen-bond donors (Lipinski definition) is 2. The Morgan fingerprint density at radius 1 is 1.33 bits per heavy atom. The molecule has 0 aliphatic rings. The summed E-state index contributed by atoms with van der Waals surface area (Å²) in [4.78, 5) is 24.1. The molecule has 0 saturated heterocycles. The summed E-state index contributed by atoms with van der Waals surface area (Å²) in [6.07, 6.45) is 1.31. The van der Waals surface area contributed by atoms with E-state index in [4.69, 9.17) is 9.84 Å². The highest BCUT2D eigenvalue weighted by Gasteiger charge is 2.20. The van der Waals surface area contributed by atoms with Gasteiger partial charge in [-0.1, -0.05) is 0 Å². The lowest BCUT2D eigenvalue weighted by atomic mass is 10.2. The zero-order valence-electron chi connectivity index (χ0n) is 13.9. The first-order chi connectivity index (χ1) is 9.65. The zero-order valence-corrected chi connectivity index (χ0v) is 13.9. The van der Waals surface area contributed by atoms with Crippen LogP contribution in [0.5, 0.6) is 0 Å². The molecular weight excluding hydrogens is 272 g/mol. The Hall–Kier alpha value is -1.30. The number of aliphatic carboxylic acids is 1. The van der Waals surface area contributed by atoms with Crippen LogP contribution in [0, 0.1) is 0 Å². The van der Waals surface area contributed by atoms with Gasteiger partial charge in [-0.3, -0.25) is 4.79 Å². The summed E-state index contributed by atoms with van der Waals surface area (Å²) in [6, 6.07) is 0.165. The molecule has 0 heterocycles. The predicted octanol–water partition coefficient (Wildman–Crippen LogP) is 2.48. The van der Waals surface area contributed by atoms with E-state index < -0.39 is 11.6 Å². The minimum absolute atomic E-state index is 0.165. The first-order valence-electron chi connectivity index (χ1n) is 7.58. The van der Waals surface area contributed by atoms with Crippen LogP contribution in [-0.4, -0.2) is 53.3 Å². The molecule has 0 bridgehead atoms. The van der Waals surface area contributed by atoms with Crippen molar-refractivity contribution in [3.63, 3.8) is 0 Å². The second-order valence-corrected chi connectivity index (χ2v) is 6.20. The van der Waals surface area contributed by atoms with Crippen molar-refractivity contribution >= 4 is 12.1 Å². The van der Waals surface area contributed by atoms with Crippen molar-refractivity contribution in [1.82, 2.24) is 10.2 Å². The predicted molar refractivity (Wildman–Crippen MR) is 82.4 cm³/mol. The monoisotopic (exact) mass is 302 g/mol. The van der Waals surface area contributed by atoms with Crippen molar-refractivity contribution in [3.8, 4) is 0 Å². The number of carbonyl (C=O) groups excluding carboxylic acids is 1. The van der Waals surface area contributed by atoms with Crippen LogP contribution in [0.1, 0.15) is 53.9 Å². The molecule has 0 aromatic rings. The number of amides is 1. The maximum atomic E-state index is 11.9. The van der Waals surface area contributed by atoms with Crippen LogP contribution in [0.4, 0.5) is 4.79 Å². The normalized spacial score (nSPS) is 12.8. The van der Waals surface area contributed by atoms with Crippen molar-refractivity contribution < 1.29 is 19.4 Å². The van der Waals surface area contributed by atoms with E-state index in [0.717, 1.165) is 13.0 Å². The third-order valence-electron chi connectivity index (χ3n) is 2.92. The molecule has 1 atom stereocenters. The van der Waals surface area contributed by atoms with E-state index in [2.05, 4.69) is 5.32 Å². The minimum atomic E-state index is -0.772. The van der Waals surface area contributed by atoms with E-state index in [1.54, 1.807) is 4.90 Å². The standard InChI is InChI=1S/C15H30N2O4/c1-6-17(14(20)21-15(3,4)5)11-7-10-16-12(2)8-9-13(18)19/h12,16H,6-11H2,1-5H3,(H,18,19). The van der Waals surface area contributed by atoms with Crippen LogP contribution >= 0.6 is 0 Å². The molecule has 6 nitrogen and oxygen atoms in total. The van der Waals surface area contributed by atoms with Gasteiger partial charge in [0.1, 0.15) is 5.60 Å². The average molecular weight is 302 g/mol. The number of carboxylic acid groups (broad SMARTS) is 1. The lowest BCUT2D eigenvalue weighted by Crippen LogP contribution is -2.38. The second kappa shape index (κ2) is 9.60. The number of nitrogens with one attached hydrogen (secondary N) is 1. The molecule has 0 rings (SSSR count). The Morgan fingerprint density at radius 3 is 2.43 bits per heavy atom. The maximum absolute atomic E-state index is 11.9. The Kier molecular flexibility index (Phi) is 9.01. The first kappa shape index (κ1) is 19.7. The molecule has 0 radical (unpaired) electrons. The Labute approximate surface area is 127 Å². The van der Waals surface area contributed by atoms with Gasteiger partial charge in [-0.2, -0.15) is 0 Å². The molecule has 0 aliphatic heterocycles. The van der Waals surface area contributed by atoms with Gasteiger partial charge in [-0.15, -0.1) is 0 Å². The topological polar surface area (TPSA) is 78.9 Å². The van der Waals surface area contributed by atoms with Crippen LogP contribution in [-0.2, 0) is 9.53 Å². The van der Waals surface area contributed by atoms with E-state index in [1.807, 2.05) is 34.6 Å². The molecule has 124 valence electrons. The third-order valence-corrected chi connectivity index (χ3v) is 2.92. The van der Waals surface area contributed by atoms with Gasteiger partial charge in [0.15, 0.2) is 0 Å². The van der Waals surface area contributed by atoms with Gasteiger partial charge in [0.25, 0.3) is 0 Å². The summed E-state index contributed by atoms with van der Waals surface area (Å²) in [5.41, 5.74) is -0.478. The minimum Gasteiger partial charge on any atom is -0.481 e. The summed E-state index contributed by atoms with van der Waals surface area (Å²) in [5, 5.41) is 11.9. The Balaban J connectivity index is 3.91. The number of ether oxygens (including phenoxy) is 1. The van der Waals surface area contributed by atoms with Gasteiger partial charge >= 0.3 is 12.1 Å². The van der Waals surface area contributed by atoms with E-state index in [9.17, 15) is 9.59 Å². The fourth-order valence-corrected chi connectivity index (χ4v) is 1.77. The first-order valence-corrected chi connectivity index (χ1v) is 7.58. The molecule has 0 fully saturated rings. The highest BCUT2D eigenvalue weighted by Crippen LogP contribution is 2.10. The highest BCUT2D eigenvalue weighted by atomic mass is 16.6. The number of rotatable bonds is 9. The molecule has 2 N–H and O–H groups in total. The van der Waals surface area contributed by atoms with Gasteiger partial charge < -0.3 is 20.1 Å². The van der Waals surface area contributed by atoms with Crippen LogP contribution in [0.25, 0.3) is 0 Å². The number of carbonyl (C=O) groups is 2. The average Bonchev–Trinajstić information content (AvgIpc) is 2.34. The molecule has 0 aromatic heterocycles. The maximum Gasteiger partial charge on any atom is 0.410 e. The SMILES string of the molecule is CCN(CCCNC(C)CCC(=O)O)C(=O)OC(C)(C)C. The second-order valence-electron chi connectivity index (χ2n) is 6.20. The fraction of sp³-hybridized carbons (Fsp3) is 0.867. The molecule has 0 saturated carbocycles. The van der Waals surface area contributed by atoms with Crippen molar-refractivity contribution in [2.24, 2.45) is 0 Å². The Morgan fingerprint density at radius 2 is 1.95 bits per heavy atom. The van der Waals surface area contributed by atoms with Gasteiger partial charge in [0, 0.05) is 25.6 Å². The molecule has 0 aliphatic carbocycles. The van der Waals surface area contributed by atoms with Crippen LogP contribution in [0.2, 0.25) is 0 Å². The summed E-state index contributed by atoms with van der Waals surface area (Å²) >= 11 is 0. The summed E-state index contributed by atoms with van der Waals surface area (Å²) in [7, 11) is 0. The van der Waals surface area contributed by atoms with Gasteiger partial charge in [0.2, 0.25) is 0 Å². The highest BCUT2D eigenvalue weighted by molar-refractivity contribution is 5.68. The van der Waals surface area contributed by atoms with E-state index in [1.165, 1.54) is 0 Å². The van der Waals surface area contributed by atoms with E-state index >= 15 is 0 Å². The van der Waals surface area contributed by atoms with Crippen LogP contribution < -0.4 is 5.32 Å². The molecular formula is C15H30N2O4. The quantitative estimate of drug-likeness (QED) is 0.640. The molecule has 1 unspecified atom stereocenters. The molecule has 1 amide bonds. The summed E-state index contributed by atoms with van der Waals surface area (Å²) in [5.74, 6) is -0.772. The van der Waals surface area contributed by atoms with Gasteiger partial charge in [-0.25, -0.2) is 4.79 Å². The molecule has 0 aromatic carbocycles. The largest absolute Gasteiger partial charge is 0.481 e. The van der Waals surface area contributed by atoms with Crippen LogP contribution in [0.3, 0.4) is 0 Å². The lowest BCUT2D eigenvalue weighted by Gasteiger charge is -2.26. The molecule has 21 heavy (non-hydrogen) atoms. The van der Waals surface area contributed by atoms with E-state index in [0.29, 0.717) is 19.5 Å².